The van der Waals surface area contributed by atoms with Gasteiger partial charge in [0.15, 0.2) is 0 Å². The van der Waals surface area contributed by atoms with Gasteiger partial charge >= 0.3 is 0 Å². The van der Waals surface area contributed by atoms with Crippen LogP contribution in [-0.4, -0.2) is 32.5 Å². The zero-order chi connectivity index (χ0) is 15.5. The number of sulfone groups is 1. The molecule has 2 rings (SSSR count). The van der Waals surface area contributed by atoms with Gasteiger partial charge in [-0.25, -0.2) is 8.42 Å². The van der Waals surface area contributed by atoms with Crippen molar-refractivity contribution in [2.24, 2.45) is 11.3 Å². The van der Waals surface area contributed by atoms with Crippen molar-refractivity contribution in [3.63, 3.8) is 0 Å². The van der Waals surface area contributed by atoms with Crippen LogP contribution < -0.4 is 5.32 Å². The predicted molar refractivity (Wildman–Crippen MR) is 89.2 cm³/mol. The highest BCUT2D eigenvalue weighted by molar-refractivity contribution is 7.91. The zero-order valence-electron chi connectivity index (χ0n) is 14.0. The summed E-state index contributed by atoms with van der Waals surface area (Å²) in [5.74, 6) is 0.538. The minimum atomic E-state index is -2.89. The van der Waals surface area contributed by atoms with Gasteiger partial charge in [0.2, 0.25) is 0 Å². The van der Waals surface area contributed by atoms with E-state index in [-0.39, 0.29) is 5.25 Å². The molecule has 4 heteroatoms. The van der Waals surface area contributed by atoms with Crippen molar-refractivity contribution in [3.8, 4) is 0 Å². The van der Waals surface area contributed by atoms with Crippen molar-refractivity contribution in [1.29, 1.82) is 0 Å². The summed E-state index contributed by atoms with van der Waals surface area (Å²) in [5, 5.41) is 3.66. The summed E-state index contributed by atoms with van der Waals surface area (Å²) < 4.78 is 23.9. The Balaban J connectivity index is 2.17. The topological polar surface area (TPSA) is 46.2 Å². The van der Waals surface area contributed by atoms with E-state index in [1.165, 1.54) is 44.8 Å². The van der Waals surface area contributed by atoms with Crippen LogP contribution in [0.1, 0.15) is 71.6 Å². The summed E-state index contributed by atoms with van der Waals surface area (Å²) >= 11 is 0. The second-order valence-corrected chi connectivity index (χ2v) is 9.66. The summed E-state index contributed by atoms with van der Waals surface area (Å²) in [5.41, 5.74) is 0.417. The first-order valence-corrected chi connectivity index (χ1v) is 10.8. The second kappa shape index (κ2) is 6.99. The van der Waals surface area contributed by atoms with Crippen molar-refractivity contribution in [3.05, 3.63) is 0 Å². The summed E-state index contributed by atoms with van der Waals surface area (Å²) in [6.07, 6.45) is 12.0. The van der Waals surface area contributed by atoms with Crippen LogP contribution in [0.15, 0.2) is 0 Å². The normalized spacial score (nSPS) is 31.2. The number of hydrogen-bond donors (Lipinski definition) is 1. The minimum Gasteiger partial charge on any atom is -0.313 e. The van der Waals surface area contributed by atoms with Crippen molar-refractivity contribution >= 4 is 9.84 Å². The molecule has 0 amide bonds. The van der Waals surface area contributed by atoms with Gasteiger partial charge in [-0.2, -0.15) is 0 Å². The van der Waals surface area contributed by atoms with E-state index < -0.39 is 9.84 Å². The predicted octanol–water partition coefficient (Wildman–Crippen LogP) is 3.54. The molecule has 0 saturated heterocycles. The Morgan fingerprint density at radius 3 is 2.33 bits per heavy atom. The summed E-state index contributed by atoms with van der Waals surface area (Å²) in [6.45, 7) is 5.50. The molecule has 2 aliphatic carbocycles. The van der Waals surface area contributed by atoms with E-state index in [0.717, 1.165) is 25.8 Å². The van der Waals surface area contributed by atoms with E-state index in [1.54, 1.807) is 0 Å². The number of nitrogens with one attached hydrogen (secondary N) is 1. The Labute approximate surface area is 131 Å². The molecular formula is C17H33NO2S. The van der Waals surface area contributed by atoms with Crippen LogP contribution >= 0.6 is 0 Å². The van der Waals surface area contributed by atoms with E-state index in [2.05, 4.69) is 19.2 Å². The molecular weight excluding hydrogens is 282 g/mol. The minimum absolute atomic E-state index is 0.104. The Morgan fingerprint density at radius 2 is 1.81 bits per heavy atom. The van der Waals surface area contributed by atoms with Gasteiger partial charge in [-0.1, -0.05) is 33.1 Å². The van der Waals surface area contributed by atoms with Crippen molar-refractivity contribution in [2.75, 3.05) is 12.8 Å². The molecule has 0 aromatic carbocycles. The van der Waals surface area contributed by atoms with Crippen LogP contribution in [-0.2, 0) is 9.84 Å². The molecule has 2 fully saturated rings. The molecule has 3 nitrogen and oxygen atoms in total. The quantitative estimate of drug-likeness (QED) is 0.815. The fourth-order valence-electron chi connectivity index (χ4n) is 4.94. The van der Waals surface area contributed by atoms with Crippen molar-refractivity contribution in [2.45, 2.75) is 82.9 Å². The Kier molecular flexibility index (Phi) is 5.75. The lowest BCUT2D eigenvalue weighted by Gasteiger charge is -2.45. The van der Waals surface area contributed by atoms with Crippen LogP contribution in [0.25, 0.3) is 0 Å². The van der Waals surface area contributed by atoms with Gasteiger partial charge in [-0.05, 0) is 56.4 Å². The molecule has 2 aliphatic rings. The Bertz CT molecular complexity index is 426. The Hall–Kier alpha value is -0.0900. The van der Waals surface area contributed by atoms with Gasteiger partial charge in [0.05, 0.1) is 5.25 Å². The molecule has 0 bridgehead atoms. The lowest BCUT2D eigenvalue weighted by Crippen LogP contribution is -2.50. The van der Waals surface area contributed by atoms with Gasteiger partial charge < -0.3 is 5.32 Å². The van der Waals surface area contributed by atoms with Crippen LogP contribution in [0.5, 0.6) is 0 Å². The summed E-state index contributed by atoms with van der Waals surface area (Å²) in [4.78, 5) is 0. The van der Waals surface area contributed by atoms with Crippen LogP contribution in [0.3, 0.4) is 0 Å². The molecule has 0 aromatic rings. The maximum absolute atomic E-state index is 12.0. The molecule has 0 heterocycles. The molecule has 3 atom stereocenters. The smallest absolute Gasteiger partial charge is 0.150 e. The van der Waals surface area contributed by atoms with Crippen LogP contribution in [0.4, 0.5) is 0 Å². The molecule has 124 valence electrons. The van der Waals surface area contributed by atoms with Gasteiger partial charge in [0.1, 0.15) is 9.84 Å². The summed E-state index contributed by atoms with van der Waals surface area (Å²) in [6, 6.07) is 0.513. The monoisotopic (exact) mass is 315 g/mol. The Morgan fingerprint density at radius 1 is 1.14 bits per heavy atom. The van der Waals surface area contributed by atoms with E-state index in [1.807, 2.05) is 0 Å². The van der Waals surface area contributed by atoms with Gasteiger partial charge in [0, 0.05) is 12.3 Å². The van der Waals surface area contributed by atoms with Crippen molar-refractivity contribution < 1.29 is 8.42 Å². The standard InChI is InChI=1S/C17H33NO2S/c1-4-17(11-6-7-12-17)16(18-5-2)14-9-8-10-15(13-14)21(3,19)20/h14-16,18H,4-13H2,1-3H3. The maximum Gasteiger partial charge on any atom is 0.150 e. The molecule has 21 heavy (non-hydrogen) atoms. The first-order chi connectivity index (χ1) is 9.93. The third kappa shape index (κ3) is 3.82. The zero-order valence-corrected chi connectivity index (χ0v) is 14.8. The molecule has 0 radical (unpaired) electrons. The van der Waals surface area contributed by atoms with Gasteiger partial charge in [0.25, 0.3) is 0 Å². The van der Waals surface area contributed by atoms with E-state index >= 15 is 0 Å². The lowest BCUT2D eigenvalue weighted by atomic mass is 9.67. The van der Waals surface area contributed by atoms with Gasteiger partial charge in [-0.3, -0.25) is 0 Å². The van der Waals surface area contributed by atoms with E-state index in [4.69, 9.17) is 0 Å². The molecule has 0 spiro atoms. The molecule has 1 N–H and O–H groups in total. The lowest BCUT2D eigenvalue weighted by molar-refractivity contribution is 0.111. The molecule has 0 aliphatic heterocycles. The second-order valence-electron chi connectivity index (χ2n) is 7.34. The first kappa shape index (κ1) is 17.3. The van der Waals surface area contributed by atoms with Crippen LogP contribution in [0.2, 0.25) is 0 Å². The first-order valence-electron chi connectivity index (χ1n) is 8.85. The third-order valence-corrected chi connectivity index (χ3v) is 7.77. The number of hydrogen-bond acceptors (Lipinski definition) is 3. The highest BCUT2D eigenvalue weighted by Crippen LogP contribution is 2.48. The van der Waals surface area contributed by atoms with Gasteiger partial charge in [-0.15, -0.1) is 0 Å². The van der Waals surface area contributed by atoms with E-state index in [0.29, 0.717) is 17.4 Å². The highest BCUT2D eigenvalue weighted by atomic mass is 32.2. The van der Waals surface area contributed by atoms with Crippen LogP contribution in [0, 0.1) is 11.3 Å². The average Bonchev–Trinajstić information content (AvgIpc) is 2.94. The molecule has 0 aromatic heterocycles. The molecule has 2 saturated carbocycles. The average molecular weight is 316 g/mol. The SMILES string of the molecule is CCNC(C1CCCC(S(C)(=O)=O)C1)C1(CC)CCCC1. The van der Waals surface area contributed by atoms with Crippen molar-refractivity contribution in [1.82, 2.24) is 5.32 Å². The van der Waals surface area contributed by atoms with E-state index in [9.17, 15) is 8.42 Å². The maximum atomic E-state index is 12.0. The fraction of sp³-hybridized carbons (Fsp3) is 1.00. The molecule has 3 unspecified atom stereocenters. The fourth-order valence-corrected chi connectivity index (χ4v) is 6.13. The largest absolute Gasteiger partial charge is 0.313 e. The highest BCUT2D eigenvalue weighted by Gasteiger charge is 2.44. The third-order valence-electron chi connectivity index (χ3n) is 6.13. The number of rotatable bonds is 6. The summed E-state index contributed by atoms with van der Waals surface area (Å²) in [7, 11) is -2.89.